The Kier molecular flexibility index (Phi) is 7.63. The summed E-state index contributed by atoms with van der Waals surface area (Å²) in [7, 11) is 0. The summed E-state index contributed by atoms with van der Waals surface area (Å²) in [4.78, 5) is 0. The zero-order chi connectivity index (χ0) is 15.0. The lowest BCUT2D eigenvalue weighted by Gasteiger charge is -2.26. The highest BCUT2D eigenvalue weighted by molar-refractivity contribution is 5.25. The van der Waals surface area contributed by atoms with Crippen LogP contribution in [-0.2, 0) is 11.2 Å². The lowest BCUT2D eigenvalue weighted by Crippen LogP contribution is -2.43. The predicted octanol–water partition coefficient (Wildman–Crippen LogP) is 3.36. The number of aryl methyl sites for hydroxylation is 1. The van der Waals surface area contributed by atoms with Gasteiger partial charge in [0, 0.05) is 18.7 Å². The van der Waals surface area contributed by atoms with Crippen molar-refractivity contribution in [2.45, 2.75) is 52.6 Å². The number of phenols is 1. The van der Waals surface area contributed by atoms with Gasteiger partial charge >= 0.3 is 0 Å². The topological polar surface area (TPSA) is 41.5 Å². The summed E-state index contributed by atoms with van der Waals surface area (Å²) in [6, 6.07) is 8.34. The average molecular weight is 279 g/mol. The molecule has 0 aliphatic rings. The summed E-state index contributed by atoms with van der Waals surface area (Å²) >= 11 is 0. The summed E-state index contributed by atoms with van der Waals surface area (Å²) in [5.74, 6) is 0.897. The van der Waals surface area contributed by atoms with E-state index in [1.807, 2.05) is 19.1 Å². The van der Waals surface area contributed by atoms with Gasteiger partial charge in [-0.25, -0.2) is 0 Å². The molecule has 2 atom stereocenters. The molecule has 0 saturated carbocycles. The molecule has 20 heavy (non-hydrogen) atoms. The Labute approximate surface area is 123 Å². The summed E-state index contributed by atoms with van der Waals surface area (Å²) in [6.07, 6.45) is 2.11. The normalized spacial score (nSPS) is 14.4. The molecule has 0 bridgehead atoms. The third-order valence-corrected chi connectivity index (χ3v) is 3.61. The monoisotopic (exact) mass is 279 g/mol. The maximum Gasteiger partial charge on any atom is 0.115 e. The van der Waals surface area contributed by atoms with Crippen molar-refractivity contribution in [3.63, 3.8) is 0 Å². The van der Waals surface area contributed by atoms with Crippen LogP contribution in [0.3, 0.4) is 0 Å². The maximum atomic E-state index is 9.27. The third-order valence-electron chi connectivity index (χ3n) is 3.61. The van der Waals surface area contributed by atoms with Gasteiger partial charge in [-0.2, -0.15) is 0 Å². The molecular weight excluding hydrogens is 250 g/mol. The molecule has 0 amide bonds. The number of phenolic OH excluding ortho intramolecular Hbond substituents is 1. The molecule has 2 unspecified atom stereocenters. The van der Waals surface area contributed by atoms with Gasteiger partial charge in [0.05, 0.1) is 6.61 Å². The minimum atomic E-state index is 0.330. The highest BCUT2D eigenvalue weighted by Crippen LogP contribution is 2.12. The van der Waals surface area contributed by atoms with E-state index in [1.54, 1.807) is 12.1 Å². The van der Waals surface area contributed by atoms with Crippen LogP contribution in [0.4, 0.5) is 0 Å². The van der Waals surface area contributed by atoms with Crippen molar-refractivity contribution in [2.24, 2.45) is 5.92 Å². The standard InChI is InChI=1S/C17H29NO2/c1-5-20-12-17(13(2)3)18-14(4)6-7-15-8-10-16(19)11-9-15/h8-11,13-14,17-19H,5-7,12H2,1-4H3. The molecule has 3 nitrogen and oxygen atoms in total. The quantitative estimate of drug-likeness (QED) is 0.728. The lowest BCUT2D eigenvalue weighted by molar-refractivity contribution is 0.104. The van der Waals surface area contributed by atoms with Crippen LogP contribution in [0, 0.1) is 5.92 Å². The third kappa shape index (κ3) is 6.40. The first-order chi connectivity index (χ1) is 9.52. The number of hydrogen-bond acceptors (Lipinski definition) is 3. The van der Waals surface area contributed by atoms with E-state index in [0.717, 1.165) is 26.1 Å². The van der Waals surface area contributed by atoms with Gasteiger partial charge in [-0.1, -0.05) is 26.0 Å². The van der Waals surface area contributed by atoms with Gasteiger partial charge in [0.25, 0.3) is 0 Å². The Morgan fingerprint density at radius 3 is 2.35 bits per heavy atom. The largest absolute Gasteiger partial charge is 0.508 e. The molecule has 1 rings (SSSR count). The fourth-order valence-corrected chi connectivity index (χ4v) is 2.17. The van der Waals surface area contributed by atoms with Gasteiger partial charge in [0.15, 0.2) is 0 Å². The predicted molar refractivity (Wildman–Crippen MR) is 84.1 cm³/mol. The van der Waals surface area contributed by atoms with E-state index in [9.17, 15) is 5.11 Å². The molecule has 3 heteroatoms. The first kappa shape index (κ1) is 17.0. The Morgan fingerprint density at radius 1 is 1.15 bits per heavy atom. The van der Waals surface area contributed by atoms with Crippen molar-refractivity contribution in [2.75, 3.05) is 13.2 Å². The first-order valence-electron chi connectivity index (χ1n) is 7.64. The molecule has 0 radical (unpaired) electrons. The molecule has 0 spiro atoms. The molecular formula is C17H29NO2. The molecule has 1 aromatic rings. The first-order valence-corrected chi connectivity index (χ1v) is 7.64. The Balaban J connectivity index is 2.37. The van der Waals surface area contributed by atoms with Crippen molar-refractivity contribution in [3.8, 4) is 5.75 Å². The highest BCUT2D eigenvalue weighted by atomic mass is 16.5. The molecule has 0 aromatic heterocycles. The van der Waals surface area contributed by atoms with Gasteiger partial charge in [0.2, 0.25) is 0 Å². The number of benzene rings is 1. The number of rotatable bonds is 9. The molecule has 0 saturated heterocycles. The highest BCUT2D eigenvalue weighted by Gasteiger charge is 2.15. The minimum Gasteiger partial charge on any atom is -0.508 e. The van der Waals surface area contributed by atoms with Crippen LogP contribution < -0.4 is 5.32 Å². The Hall–Kier alpha value is -1.06. The van der Waals surface area contributed by atoms with Gasteiger partial charge in [-0.15, -0.1) is 0 Å². The van der Waals surface area contributed by atoms with Gasteiger partial charge in [-0.3, -0.25) is 0 Å². The van der Waals surface area contributed by atoms with E-state index in [1.165, 1.54) is 5.56 Å². The number of hydrogen-bond donors (Lipinski definition) is 2. The second-order valence-electron chi connectivity index (χ2n) is 5.78. The van der Waals surface area contributed by atoms with Crippen molar-refractivity contribution < 1.29 is 9.84 Å². The van der Waals surface area contributed by atoms with Crippen LogP contribution in [0.25, 0.3) is 0 Å². The summed E-state index contributed by atoms with van der Waals surface area (Å²) in [6.45, 7) is 10.3. The molecule has 1 aromatic carbocycles. The van der Waals surface area contributed by atoms with Crippen LogP contribution in [0.15, 0.2) is 24.3 Å². The summed E-state index contributed by atoms with van der Waals surface area (Å²) in [5.41, 5.74) is 1.27. The van der Waals surface area contributed by atoms with E-state index >= 15 is 0 Å². The number of ether oxygens (including phenoxy) is 1. The van der Waals surface area contributed by atoms with Crippen LogP contribution in [0.1, 0.15) is 39.7 Å². The van der Waals surface area contributed by atoms with Crippen molar-refractivity contribution in [1.82, 2.24) is 5.32 Å². The zero-order valence-corrected chi connectivity index (χ0v) is 13.2. The van der Waals surface area contributed by atoms with Crippen molar-refractivity contribution >= 4 is 0 Å². The fourth-order valence-electron chi connectivity index (χ4n) is 2.17. The van der Waals surface area contributed by atoms with E-state index in [-0.39, 0.29) is 0 Å². The molecule has 2 N–H and O–H groups in total. The maximum absolute atomic E-state index is 9.27. The SMILES string of the molecule is CCOCC(NC(C)CCc1ccc(O)cc1)C(C)C. The Morgan fingerprint density at radius 2 is 1.80 bits per heavy atom. The molecule has 0 aliphatic heterocycles. The van der Waals surface area contributed by atoms with Crippen LogP contribution >= 0.6 is 0 Å². The van der Waals surface area contributed by atoms with Gasteiger partial charge < -0.3 is 15.2 Å². The number of nitrogens with one attached hydrogen (secondary N) is 1. The summed E-state index contributed by atoms with van der Waals surface area (Å²) in [5, 5.41) is 12.9. The smallest absolute Gasteiger partial charge is 0.115 e. The summed E-state index contributed by atoms with van der Waals surface area (Å²) < 4.78 is 5.54. The minimum absolute atomic E-state index is 0.330. The van der Waals surface area contributed by atoms with E-state index in [2.05, 4.69) is 26.1 Å². The van der Waals surface area contributed by atoms with Gasteiger partial charge in [0.1, 0.15) is 5.75 Å². The van der Waals surface area contributed by atoms with E-state index in [0.29, 0.717) is 23.8 Å². The van der Waals surface area contributed by atoms with E-state index in [4.69, 9.17) is 4.74 Å². The second-order valence-corrected chi connectivity index (χ2v) is 5.78. The fraction of sp³-hybridized carbons (Fsp3) is 0.647. The van der Waals surface area contributed by atoms with Gasteiger partial charge in [-0.05, 0) is 50.3 Å². The van der Waals surface area contributed by atoms with Crippen LogP contribution in [0.5, 0.6) is 5.75 Å². The molecule has 0 aliphatic carbocycles. The van der Waals surface area contributed by atoms with Crippen molar-refractivity contribution in [1.29, 1.82) is 0 Å². The average Bonchev–Trinajstić information content (AvgIpc) is 2.42. The Bertz CT molecular complexity index is 362. The molecule has 0 heterocycles. The van der Waals surface area contributed by atoms with E-state index < -0.39 is 0 Å². The second kappa shape index (κ2) is 8.98. The van der Waals surface area contributed by atoms with Crippen LogP contribution in [0.2, 0.25) is 0 Å². The lowest BCUT2D eigenvalue weighted by atomic mass is 10.0. The van der Waals surface area contributed by atoms with Crippen molar-refractivity contribution in [3.05, 3.63) is 29.8 Å². The number of aromatic hydroxyl groups is 1. The van der Waals surface area contributed by atoms with Crippen LogP contribution in [-0.4, -0.2) is 30.4 Å². The zero-order valence-electron chi connectivity index (χ0n) is 13.2. The molecule has 0 fully saturated rings. The molecule has 114 valence electrons.